The lowest BCUT2D eigenvalue weighted by atomic mass is 10.1. The number of rotatable bonds is 6. The number of nitrogens with one attached hydrogen (secondary N) is 1. The Morgan fingerprint density at radius 1 is 1.30 bits per heavy atom. The minimum atomic E-state index is -0.299. The fraction of sp³-hybridized carbons (Fsp3) is 0.364. The first kappa shape index (κ1) is 21.0. The van der Waals surface area contributed by atoms with Crippen molar-refractivity contribution >= 4 is 45.3 Å². The summed E-state index contributed by atoms with van der Waals surface area (Å²) in [6, 6.07) is 6.82. The maximum atomic E-state index is 14.5. The molecule has 0 saturated carbocycles. The van der Waals surface area contributed by atoms with Gasteiger partial charge in [0.2, 0.25) is 0 Å². The Morgan fingerprint density at radius 3 is 2.73 bits per heavy atom. The number of carbonyl (C=O) groups is 1. The third-order valence-corrected chi connectivity index (χ3v) is 6.41. The number of anilines is 1. The number of pyridine rings is 1. The molecule has 1 aliphatic heterocycles. The van der Waals surface area contributed by atoms with Crippen molar-refractivity contribution in [2.24, 2.45) is 0 Å². The zero-order valence-corrected chi connectivity index (χ0v) is 19.1. The Morgan fingerprint density at radius 2 is 2.03 bits per heavy atom. The van der Waals surface area contributed by atoms with E-state index >= 15 is 0 Å². The van der Waals surface area contributed by atoms with Crippen molar-refractivity contribution in [1.82, 2.24) is 14.9 Å². The summed E-state index contributed by atoms with van der Waals surface area (Å²) >= 11 is 2.08. The van der Waals surface area contributed by atoms with Crippen LogP contribution in [0.2, 0.25) is 0 Å². The van der Waals surface area contributed by atoms with Crippen molar-refractivity contribution in [3.8, 4) is 0 Å². The largest absolute Gasteiger partial charge is 0.383 e. The second-order valence-corrected chi connectivity index (χ2v) is 8.77. The van der Waals surface area contributed by atoms with E-state index in [4.69, 9.17) is 10.5 Å². The molecule has 0 fully saturated rings. The van der Waals surface area contributed by atoms with E-state index < -0.39 is 0 Å². The van der Waals surface area contributed by atoms with Crippen LogP contribution in [-0.2, 0) is 24.5 Å². The maximum Gasteiger partial charge on any atom is 0.270 e. The average Bonchev–Trinajstić information content (AvgIpc) is 3.36. The second-order valence-electron chi connectivity index (χ2n) is 7.53. The van der Waals surface area contributed by atoms with Crippen LogP contribution in [-0.4, -0.2) is 26.8 Å². The van der Waals surface area contributed by atoms with Gasteiger partial charge in [-0.1, -0.05) is 19.9 Å². The molecule has 2 aromatic heterocycles. The van der Waals surface area contributed by atoms with E-state index in [-0.39, 0.29) is 24.3 Å². The summed E-state index contributed by atoms with van der Waals surface area (Å²) in [6.45, 7) is 5.15. The number of H-pyrrole nitrogens is 1. The van der Waals surface area contributed by atoms with E-state index in [2.05, 4.69) is 32.6 Å². The van der Waals surface area contributed by atoms with Gasteiger partial charge in [0, 0.05) is 32.8 Å². The maximum absolute atomic E-state index is 14.5. The van der Waals surface area contributed by atoms with E-state index in [0.29, 0.717) is 35.8 Å². The lowest BCUT2D eigenvalue weighted by Crippen LogP contribution is -2.39. The van der Waals surface area contributed by atoms with Crippen molar-refractivity contribution < 1.29 is 13.9 Å². The summed E-state index contributed by atoms with van der Waals surface area (Å²) in [5.41, 5.74) is 10.2. The SMILES string of the molecule is CCC(CC)N(Cc1ccc(I)cc1F)C(=O)c1cc2nc(N)c3c(c2[nH]1)COC3. The van der Waals surface area contributed by atoms with Crippen LogP contribution in [0.15, 0.2) is 24.3 Å². The minimum Gasteiger partial charge on any atom is -0.383 e. The van der Waals surface area contributed by atoms with E-state index in [1.807, 2.05) is 19.9 Å². The lowest BCUT2D eigenvalue weighted by Gasteiger charge is -2.30. The minimum absolute atomic E-state index is 0.00494. The zero-order chi connectivity index (χ0) is 21.4. The van der Waals surface area contributed by atoms with Crippen LogP contribution in [0.5, 0.6) is 0 Å². The van der Waals surface area contributed by atoms with Crippen LogP contribution in [0.25, 0.3) is 11.0 Å². The summed E-state index contributed by atoms with van der Waals surface area (Å²) in [7, 11) is 0. The number of ether oxygens (including phenoxy) is 1. The number of benzene rings is 1. The van der Waals surface area contributed by atoms with Gasteiger partial charge in [-0.25, -0.2) is 9.37 Å². The van der Waals surface area contributed by atoms with Gasteiger partial charge < -0.3 is 20.4 Å². The Kier molecular flexibility index (Phi) is 5.97. The predicted octanol–water partition coefficient (Wildman–Crippen LogP) is 4.75. The Labute approximate surface area is 188 Å². The summed E-state index contributed by atoms with van der Waals surface area (Å²) in [4.78, 5) is 22.9. The van der Waals surface area contributed by atoms with Crippen molar-refractivity contribution in [3.05, 3.63) is 56.0 Å². The molecule has 3 N–H and O–H groups in total. The monoisotopic (exact) mass is 522 g/mol. The molecule has 0 atom stereocenters. The second kappa shape index (κ2) is 8.50. The molecule has 0 saturated heterocycles. The molecule has 3 heterocycles. The first-order valence-electron chi connectivity index (χ1n) is 10.1. The number of aromatic nitrogens is 2. The molecule has 4 rings (SSSR count). The molecule has 1 aromatic carbocycles. The zero-order valence-electron chi connectivity index (χ0n) is 17.0. The molecule has 0 radical (unpaired) electrons. The summed E-state index contributed by atoms with van der Waals surface area (Å²) in [6.07, 6.45) is 1.56. The Balaban J connectivity index is 1.73. The van der Waals surface area contributed by atoms with Gasteiger partial charge >= 0.3 is 0 Å². The molecule has 0 unspecified atom stereocenters. The number of carbonyl (C=O) groups excluding carboxylic acids is 1. The molecular formula is C22H24FIN4O2. The van der Waals surface area contributed by atoms with Crippen LogP contribution >= 0.6 is 22.6 Å². The normalized spacial score (nSPS) is 13.2. The molecule has 8 heteroatoms. The van der Waals surface area contributed by atoms with Crippen molar-refractivity contribution in [3.63, 3.8) is 0 Å². The predicted molar refractivity (Wildman–Crippen MR) is 122 cm³/mol. The number of nitrogens with two attached hydrogens (primary N) is 1. The fourth-order valence-electron chi connectivity index (χ4n) is 4.04. The number of hydrogen-bond donors (Lipinski definition) is 2. The highest BCUT2D eigenvalue weighted by molar-refractivity contribution is 14.1. The van der Waals surface area contributed by atoms with Crippen LogP contribution < -0.4 is 5.73 Å². The molecule has 0 bridgehead atoms. The Hall–Kier alpha value is -2.20. The van der Waals surface area contributed by atoms with E-state index in [9.17, 15) is 9.18 Å². The molecule has 1 aliphatic rings. The fourth-order valence-corrected chi connectivity index (χ4v) is 4.49. The van der Waals surface area contributed by atoms with Crippen LogP contribution in [0.1, 0.15) is 53.9 Å². The van der Waals surface area contributed by atoms with E-state index in [0.717, 1.165) is 33.1 Å². The highest BCUT2D eigenvalue weighted by Crippen LogP contribution is 2.31. The smallest absolute Gasteiger partial charge is 0.270 e. The number of nitrogen functional groups attached to an aromatic ring is 1. The van der Waals surface area contributed by atoms with Gasteiger partial charge in [0.15, 0.2) is 0 Å². The first-order valence-corrected chi connectivity index (χ1v) is 11.1. The molecule has 1 amide bonds. The quantitative estimate of drug-likeness (QED) is 0.458. The summed E-state index contributed by atoms with van der Waals surface area (Å²) < 4.78 is 20.9. The molecular weight excluding hydrogens is 498 g/mol. The highest BCUT2D eigenvalue weighted by Gasteiger charge is 2.27. The van der Waals surface area contributed by atoms with Gasteiger partial charge in [-0.15, -0.1) is 0 Å². The summed E-state index contributed by atoms with van der Waals surface area (Å²) in [5.74, 6) is -0.0385. The summed E-state index contributed by atoms with van der Waals surface area (Å²) in [5, 5.41) is 0. The van der Waals surface area contributed by atoms with Gasteiger partial charge in [0.05, 0.1) is 24.2 Å². The van der Waals surface area contributed by atoms with Gasteiger partial charge in [0.1, 0.15) is 17.3 Å². The van der Waals surface area contributed by atoms with Gasteiger partial charge in [-0.3, -0.25) is 4.79 Å². The van der Waals surface area contributed by atoms with Gasteiger partial charge in [-0.2, -0.15) is 0 Å². The molecule has 30 heavy (non-hydrogen) atoms. The van der Waals surface area contributed by atoms with Crippen molar-refractivity contribution in [1.29, 1.82) is 0 Å². The first-order chi connectivity index (χ1) is 14.4. The number of hydrogen-bond acceptors (Lipinski definition) is 4. The van der Waals surface area contributed by atoms with E-state index in [1.54, 1.807) is 17.0 Å². The highest BCUT2D eigenvalue weighted by atomic mass is 127. The molecule has 3 aromatic rings. The topological polar surface area (TPSA) is 84.2 Å². The molecule has 0 spiro atoms. The standard InChI is InChI=1S/C22H24FIN4O2/c1-3-14(4-2)28(9-12-5-6-13(24)7-17(12)23)22(29)19-8-18-20(26-19)15-10-30-11-16(15)21(25)27-18/h5-8,14,26H,3-4,9-11H2,1-2H3,(H2,25,27). The van der Waals surface area contributed by atoms with Crippen LogP contribution in [0.3, 0.4) is 0 Å². The van der Waals surface area contributed by atoms with Gasteiger partial charge in [0.25, 0.3) is 5.91 Å². The molecule has 158 valence electrons. The lowest BCUT2D eigenvalue weighted by molar-refractivity contribution is 0.0642. The van der Waals surface area contributed by atoms with E-state index in [1.165, 1.54) is 6.07 Å². The van der Waals surface area contributed by atoms with Gasteiger partial charge in [-0.05, 0) is 53.6 Å². The van der Waals surface area contributed by atoms with Crippen molar-refractivity contribution in [2.75, 3.05) is 5.73 Å². The number of fused-ring (bicyclic) bond motifs is 3. The number of amides is 1. The number of halogens is 2. The number of aromatic amines is 1. The number of nitrogens with zero attached hydrogens (tertiary/aromatic N) is 2. The van der Waals surface area contributed by atoms with Crippen molar-refractivity contribution in [2.45, 2.75) is 52.5 Å². The molecule has 6 nitrogen and oxygen atoms in total. The van der Waals surface area contributed by atoms with Crippen LogP contribution in [0, 0.1) is 9.39 Å². The van der Waals surface area contributed by atoms with Crippen LogP contribution in [0.4, 0.5) is 10.2 Å². The average molecular weight is 522 g/mol. The molecule has 0 aliphatic carbocycles. The third kappa shape index (κ3) is 3.78. The Bertz CT molecular complexity index is 1110. The third-order valence-electron chi connectivity index (χ3n) is 5.74.